The van der Waals surface area contributed by atoms with Crippen molar-refractivity contribution in [2.45, 2.75) is 11.8 Å². The molecule has 2 atom stereocenters. The zero-order valence-corrected chi connectivity index (χ0v) is 15.3. The van der Waals surface area contributed by atoms with Crippen molar-refractivity contribution in [2.24, 2.45) is 0 Å². The summed E-state index contributed by atoms with van der Waals surface area (Å²) < 4.78 is 0. The molecule has 0 saturated carbocycles. The average Bonchev–Trinajstić information content (AvgIpc) is 3.29. The number of nitrogens with one attached hydrogen (secondary N) is 2. The second-order valence-corrected chi connectivity index (χ2v) is 6.72. The van der Waals surface area contributed by atoms with Crippen LogP contribution in [0.3, 0.4) is 0 Å². The normalized spacial score (nSPS) is 13.9. The topological polar surface area (TPSA) is 74.4 Å². The van der Waals surface area contributed by atoms with Crippen LogP contribution in [-0.4, -0.2) is 37.5 Å². The lowest BCUT2D eigenvalue weighted by Gasteiger charge is -2.19. The lowest BCUT2D eigenvalue weighted by Crippen LogP contribution is -2.23. The van der Waals surface area contributed by atoms with Crippen molar-refractivity contribution >= 4 is 51.1 Å². The first-order chi connectivity index (χ1) is 12.7. The van der Waals surface area contributed by atoms with Gasteiger partial charge in [0.25, 0.3) is 0 Å². The van der Waals surface area contributed by atoms with Crippen molar-refractivity contribution in [3.8, 4) is 0 Å². The molecule has 4 rings (SSSR count). The maximum absolute atomic E-state index is 13.4. The SMILES string of the molecule is O=C(C(CCl)c1c[nH]c2ncccc12)C(CCl)c1c[nH]c2ncccc12. The lowest BCUT2D eigenvalue weighted by molar-refractivity contribution is -0.121. The number of aromatic nitrogens is 4. The van der Waals surface area contributed by atoms with Gasteiger partial charge in [0.05, 0.1) is 11.8 Å². The molecule has 2 unspecified atom stereocenters. The molecule has 4 aromatic rings. The highest BCUT2D eigenvalue weighted by Crippen LogP contribution is 2.34. The van der Waals surface area contributed by atoms with Crippen LogP contribution in [0.4, 0.5) is 0 Å². The smallest absolute Gasteiger partial charge is 0.150 e. The molecule has 4 heterocycles. The van der Waals surface area contributed by atoms with Crippen LogP contribution in [0.25, 0.3) is 22.1 Å². The summed E-state index contributed by atoms with van der Waals surface area (Å²) in [4.78, 5) is 28.1. The van der Waals surface area contributed by atoms with Gasteiger partial charge in [0.1, 0.15) is 17.1 Å². The van der Waals surface area contributed by atoms with E-state index in [-0.39, 0.29) is 17.5 Å². The maximum Gasteiger partial charge on any atom is 0.150 e. The number of alkyl halides is 2. The number of fused-ring (bicyclic) bond motifs is 2. The van der Waals surface area contributed by atoms with Crippen molar-refractivity contribution in [2.75, 3.05) is 11.8 Å². The molecule has 0 amide bonds. The Kier molecular flexibility index (Phi) is 4.66. The van der Waals surface area contributed by atoms with Gasteiger partial charge in [-0.25, -0.2) is 9.97 Å². The highest BCUT2D eigenvalue weighted by Gasteiger charge is 2.31. The van der Waals surface area contributed by atoms with Crippen molar-refractivity contribution < 1.29 is 4.79 Å². The van der Waals surface area contributed by atoms with E-state index in [0.717, 1.165) is 33.2 Å². The third-order valence-corrected chi connectivity index (χ3v) is 5.33. The van der Waals surface area contributed by atoms with Crippen LogP contribution in [0.1, 0.15) is 23.0 Å². The number of pyridine rings is 2. The van der Waals surface area contributed by atoms with Gasteiger partial charge in [-0.3, -0.25) is 4.79 Å². The largest absolute Gasteiger partial charge is 0.346 e. The fourth-order valence-corrected chi connectivity index (χ4v) is 4.04. The van der Waals surface area contributed by atoms with Crippen LogP contribution in [0.2, 0.25) is 0 Å². The van der Waals surface area contributed by atoms with E-state index in [1.807, 2.05) is 36.7 Å². The van der Waals surface area contributed by atoms with Gasteiger partial charge in [0.2, 0.25) is 0 Å². The molecular weight excluding hydrogens is 371 g/mol. The predicted octanol–water partition coefficient (Wildman–Crippen LogP) is 4.35. The molecule has 26 heavy (non-hydrogen) atoms. The summed E-state index contributed by atoms with van der Waals surface area (Å²) >= 11 is 12.4. The van der Waals surface area contributed by atoms with Crippen molar-refractivity contribution in [3.05, 3.63) is 60.2 Å². The predicted molar refractivity (Wildman–Crippen MR) is 104 cm³/mol. The average molecular weight is 387 g/mol. The molecule has 0 aliphatic heterocycles. The van der Waals surface area contributed by atoms with Crippen LogP contribution in [0, 0.1) is 0 Å². The number of rotatable bonds is 6. The first-order valence-electron chi connectivity index (χ1n) is 8.24. The van der Waals surface area contributed by atoms with E-state index >= 15 is 0 Å². The molecule has 5 nitrogen and oxygen atoms in total. The minimum Gasteiger partial charge on any atom is -0.346 e. The third kappa shape index (κ3) is 2.77. The second kappa shape index (κ2) is 7.09. The van der Waals surface area contributed by atoms with Crippen LogP contribution in [0.15, 0.2) is 49.1 Å². The van der Waals surface area contributed by atoms with Gasteiger partial charge in [0.15, 0.2) is 0 Å². The molecule has 2 N–H and O–H groups in total. The minimum absolute atomic E-state index is 0.00972. The second-order valence-electron chi connectivity index (χ2n) is 6.10. The zero-order chi connectivity index (χ0) is 18.1. The highest BCUT2D eigenvalue weighted by molar-refractivity contribution is 6.23. The number of aromatic amines is 2. The minimum atomic E-state index is -0.472. The Bertz CT molecular complexity index is 987. The molecule has 0 aliphatic rings. The Morgan fingerprint density at radius 2 is 1.35 bits per heavy atom. The number of hydrogen-bond donors (Lipinski definition) is 2. The zero-order valence-electron chi connectivity index (χ0n) is 13.7. The van der Waals surface area contributed by atoms with Gasteiger partial charge in [-0.2, -0.15) is 0 Å². The van der Waals surface area contributed by atoms with E-state index in [2.05, 4.69) is 19.9 Å². The summed E-state index contributed by atoms with van der Waals surface area (Å²) in [5, 5.41) is 1.81. The van der Waals surface area contributed by atoms with Crippen molar-refractivity contribution in [1.29, 1.82) is 0 Å². The fourth-order valence-electron chi connectivity index (χ4n) is 3.40. The number of H-pyrrole nitrogens is 2. The van der Waals surface area contributed by atoms with E-state index in [9.17, 15) is 4.79 Å². The first-order valence-corrected chi connectivity index (χ1v) is 9.31. The van der Waals surface area contributed by atoms with Crippen LogP contribution >= 0.6 is 23.2 Å². The van der Waals surface area contributed by atoms with E-state index < -0.39 is 11.8 Å². The Balaban J connectivity index is 1.76. The quantitative estimate of drug-likeness (QED) is 0.483. The standard InChI is InChI=1S/C19H16Cl2N4O/c20-7-13(15-9-24-18-11(15)3-1-5-22-18)17(26)14(8-21)16-10-25-19-12(16)4-2-6-23-19/h1-6,9-10,13-14H,7-8H2,(H,22,24)(H,23,25). The number of Topliss-reactive ketones (excluding diaryl/α,β-unsaturated/α-hetero) is 1. The van der Waals surface area contributed by atoms with Gasteiger partial charge in [0, 0.05) is 47.3 Å². The number of carbonyl (C=O) groups excluding carboxylic acids is 1. The molecule has 0 saturated heterocycles. The van der Waals surface area contributed by atoms with E-state index in [1.165, 1.54) is 0 Å². The summed E-state index contributed by atoms with van der Waals surface area (Å²) in [6, 6.07) is 7.57. The molecule has 0 spiro atoms. The van der Waals surface area contributed by atoms with E-state index in [4.69, 9.17) is 23.2 Å². The van der Waals surface area contributed by atoms with Crippen molar-refractivity contribution in [1.82, 2.24) is 19.9 Å². The van der Waals surface area contributed by atoms with E-state index in [1.54, 1.807) is 12.4 Å². The van der Waals surface area contributed by atoms with Gasteiger partial charge in [-0.05, 0) is 35.4 Å². The third-order valence-electron chi connectivity index (χ3n) is 4.71. The number of carbonyl (C=O) groups is 1. The Morgan fingerprint density at radius 1 is 0.885 bits per heavy atom. The molecule has 7 heteroatoms. The number of hydrogen-bond acceptors (Lipinski definition) is 3. The van der Waals surface area contributed by atoms with E-state index in [0.29, 0.717) is 0 Å². The Morgan fingerprint density at radius 3 is 1.77 bits per heavy atom. The summed E-state index contributed by atoms with van der Waals surface area (Å²) in [6.07, 6.45) is 7.04. The van der Waals surface area contributed by atoms with Crippen molar-refractivity contribution in [3.63, 3.8) is 0 Å². The number of halogens is 2. The van der Waals surface area contributed by atoms with Crippen LogP contribution in [-0.2, 0) is 4.79 Å². The molecule has 0 fully saturated rings. The molecule has 0 aliphatic carbocycles. The fraction of sp³-hybridized carbons (Fsp3) is 0.211. The van der Waals surface area contributed by atoms with Gasteiger partial charge in [-0.1, -0.05) is 0 Å². The maximum atomic E-state index is 13.4. The monoisotopic (exact) mass is 386 g/mol. The van der Waals surface area contributed by atoms with Gasteiger partial charge >= 0.3 is 0 Å². The molecule has 0 aromatic carbocycles. The summed E-state index contributed by atoms with van der Waals surface area (Å²) in [6.45, 7) is 0. The summed E-state index contributed by atoms with van der Waals surface area (Å²) in [5.74, 6) is -0.604. The first kappa shape index (κ1) is 17.1. The lowest BCUT2D eigenvalue weighted by atomic mass is 9.85. The van der Waals surface area contributed by atoms with Crippen LogP contribution in [0.5, 0.6) is 0 Å². The summed E-state index contributed by atoms with van der Waals surface area (Å²) in [7, 11) is 0. The molecule has 0 bridgehead atoms. The molecule has 132 valence electrons. The highest BCUT2D eigenvalue weighted by atomic mass is 35.5. The van der Waals surface area contributed by atoms with Gasteiger partial charge in [-0.15, -0.1) is 23.2 Å². The van der Waals surface area contributed by atoms with Gasteiger partial charge < -0.3 is 9.97 Å². The molecule has 0 radical (unpaired) electrons. The Labute approximate surface area is 159 Å². The molecule has 4 aromatic heterocycles. The Hall–Kier alpha value is -2.37. The number of nitrogens with zero attached hydrogens (tertiary/aromatic N) is 2. The molecular formula is C19H16Cl2N4O. The number of ketones is 1. The summed E-state index contributed by atoms with van der Waals surface area (Å²) in [5.41, 5.74) is 3.18. The van der Waals surface area contributed by atoms with Crippen LogP contribution < -0.4 is 0 Å².